The molecule has 1 N–H and O–H groups in total. The second kappa shape index (κ2) is 7.11. The van der Waals surface area contributed by atoms with Crippen molar-refractivity contribution in [3.8, 4) is 11.4 Å². The summed E-state index contributed by atoms with van der Waals surface area (Å²) < 4.78 is 21.1. The number of benzene rings is 2. The van der Waals surface area contributed by atoms with E-state index in [0.29, 0.717) is 29.5 Å². The molecule has 2 aromatic carbocycles. The van der Waals surface area contributed by atoms with Crippen LogP contribution >= 0.6 is 11.6 Å². The van der Waals surface area contributed by atoms with E-state index in [9.17, 15) is 14.0 Å². The summed E-state index contributed by atoms with van der Waals surface area (Å²) in [7, 11) is 0. The Kier molecular flexibility index (Phi) is 4.40. The molecular weight excluding hydrogens is 409 g/mol. The van der Waals surface area contributed by atoms with Crippen LogP contribution in [0.4, 0.5) is 4.39 Å². The summed E-state index contributed by atoms with van der Waals surface area (Å²) in [5.74, 6) is -0.00232. The van der Waals surface area contributed by atoms with Gasteiger partial charge in [0.1, 0.15) is 23.4 Å². The lowest BCUT2D eigenvalue weighted by Crippen LogP contribution is -2.34. The SMILES string of the molecule is O=c1[nH]c2ccccc2c(=O)n1-c1cc2c(cc1Cl)CCC(c1ncccc1F)O2. The van der Waals surface area contributed by atoms with Gasteiger partial charge in [-0.2, -0.15) is 0 Å². The highest BCUT2D eigenvalue weighted by Crippen LogP contribution is 2.38. The first-order chi connectivity index (χ1) is 14.5. The summed E-state index contributed by atoms with van der Waals surface area (Å²) in [4.78, 5) is 32.4. The Hall–Kier alpha value is -3.45. The van der Waals surface area contributed by atoms with Crippen molar-refractivity contribution in [1.29, 1.82) is 0 Å². The van der Waals surface area contributed by atoms with Gasteiger partial charge in [0, 0.05) is 12.3 Å². The normalized spacial score (nSPS) is 15.6. The lowest BCUT2D eigenvalue weighted by Gasteiger charge is -2.27. The Bertz CT molecular complexity index is 1410. The van der Waals surface area contributed by atoms with Crippen LogP contribution in [-0.2, 0) is 6.42 Å². The third kappa shape index (κ3) is 2.98. The van der Waals surface area contributed by atoms with Gasteiger partial charge in [-0.05, 0) is 48.7 Å². The van der Waals surface area contributed by atoms with Crippen molar-refractivity contribution in [2.45, 2.75) is 18.9 Å². The minimum Gasteiger partial charge on any atom is -0.484 e. The van der Waals surface area contributed by atoms with Gasteiger partial charge in [0.2, 0.25) is 0 Å². The van der Waals surface area contributed by atoms with Gasteiger partial charge in [-0.25, -0.2) is 13.8 Å². The van der Waals surface area contributed by atoms with Gasteiger partial charge in [-0.3, -0.25) is 9.78 Å². The molecule has 0 aliphatic carbocycles. The molecule has 5 rings (SSSR count). The molecule has 1 atom stereocenters. The highest BCUT2D eigenvalue weighted by molar-refractivity contribution is 6.32. The highest BCUT2D eigenvalue weighted by atomic mass is 35.5. The molecule has 6 nitrogen and oxygen atoms in total. The van der Waals surface area contributed by atoms with Gasteiger partial charge in [-0.1, -0.05) is 23.7 Å². The van der Waals surface area contributed by atoms with Gasteiger partial charge < -0.3 is 9.72 Å². The molecule has 0 saturated heterocycles. The van der Waals surface area contributed by atoms with Gasteiger partial charge >= 0.3 is 5.69 Å². The van der Waals surface area contributed by atoms with Gasteiger partial charge in [-0.15, -0.1) is 0 Å². The third-order valence-electron chi connectivity index (χ3n) is 5.21. The number of hydrogen-bond donors (Lipinski definition) is 1. The lowest BCUT2D eigenvalue weighted by molar-refractivity contribution is 0.167. The highest BCUT2D eigenvalue weighted by Gasteiger charge is 2.26. The molecule has 0 radical (unpaired) electrons. The van der Waals surface area contributed by atoms with Crippen molar-refractivity contribution in [3.63, 3.8) is 0 Å². The van der Waals surface area contributed by atoms with Crippen LogP contribution in [0.5, 0.6) is 5.75 Å². The molecule has 0 amide bonds. The van der Waals surface area contributed by atoms with E-state index in [0.717, 1.165) is 10.1 Å². The number of aryl methyl sites for hydroxylation is 1. The summed E-state index contributed by atoms with van der Waals surface area (Å²) in [6.45, 7) is 0. The number of aromatic amines is 1. The van der Waals surface area contributed by atoms with Crippen LogP contribution < -0.4 is 16.0 Å². The van der Waals surface area contributed by atoms with Crippen molar-refractivity contribution in [2.75, 3.05) is 0 Å². The Balaban J connectivity index is 1.64. The predicted octanol–water partition coefficient (Wildman–Crippen LogP) is 3.93. The van der Waals surface area contributed by atoms with Crippen LogP contribution in [0.1, 0.15) is 23.8 Å². The van der Waals surface area contributed by atoms with Crippen LogP contribution in [0.25, 0.3) is 16.6 Å². The van der Waals surface area contributed by atoms with E-state index in [-0.39, 0.29) is 16.4 Å². The van der Waals surface area contributed by atoms with Crippen LogP contribution in [0.15, 0.2) is 64.3 Å². The quantitative estimate of drug-likeness (QED) is 0.530. The number of nitrogens with one attached hydrogen (secondary N) is 1. The number of pyridine rings is 1. The summed E-state index contributed by atoms with van der Waals surface area (Å²) in [5, 5.41) is 0.614. The number of aromatic nitrogens is 3. The second-order valence-electron chi connectivity index (χ2n) is 7.04. The van der Waals surface area contributed by atoms with Crippen molar-refractivity contribution >= 4 is 22.5 Å². The first kappa shape index (κ1) is 18.6. The van der Waals surface area contributed by atoms with Gasteiger partial charge in [0.15, 0.2) is 0 Å². The van der Waals surface area contributed by atoms with E-state index < -0.39 is 23.2 Å². The summed E-state index contributed by atoms with van der Waals surface area (Å²) in [5.41, 5.74) is 0.597. The molecule has 0 fully saturated rings. The number of hydrogen-bond acceptors (Lipinski definition) is 4. The largest absolute Gasteiger partial charge is 0.484 e. The standard InChI is InChI=1S/C22H15ClFN3O3/c23-14-10-12-7-8-18(20-15(24)5-3-9-25-20)30-19(12)11-17(14)27-21(28)13-4-1-2-6-16(13)26-22(27)29/h1-6,9-11,18H,7-8H2,(H,26,29). The molecule has 1 aliphatic rings. The Morgan fingerprint density at radius 3 is 2.83 bits per heavy atom. The van der Waals surface area contributed by atoms with Crippen molar-refractivity contribution in [1.82, 2.24) is 14.5 Å². The predicted molar refractivity (Wildman–Crippen MR) is 111 cm³/mol. The van der Waals surface area contributed by atoms with E-state index in [1.165, 1.54) is 18.3 Å². The fourth-order valence-electron chi connectivity index (χ4n) is 3.77. The van der Waals surface area contributed by atoms with Crippen LogP contribution in [0, 0.1) is 5.82 Å². The maximum atomic E-state index is 14.2. The number of rotatable bonds is 2. The maximum absolute atomic E-state index is 14.2. The molecule has 0 saturated carbocycles. The van der Waals surface area contributed by atoms with Crippen molar-refractivity contribution in [3.05, 3.63) is 97.7 Å². The minimum atomic E-state index is -0.608. The zero-order valence-corrected chi connectivity index (χ0v) is 16.3. The monoisotopic (exact) mass is 423 g/mol. The smallest absolute Gasteiger partial charge is 0.333 e. The number of fused-ring (bicyclic) bond motifs is 2. The molecule has 4 aromatic rings. The van der Waals surface area contributed by atoms with Gasteiger partial charge in [0.25, 0.3) is 5.56 Å². The average molecular weight is 424 g/mol. The molecule has 0 spiro atoms. The topological polar surface area (TPSA) is 77.0 Å². The van der Waals surface area contributed by atoms with E-state index >= 15 is 0 Å². The third-order valence-corrected chi connectivity index (χ3v) is 5.52. The molecule has 30 heavy (non-hydrogen) atoms. The fourth-order valence-corrected chi connectivity index (χ4v) is 4.04. The Morgan fingerprint density at radius 1 is 1.17 bits per heavy atom. The average Bonchev–Trinajstić information content (AvgIpc) is 2.74. The van der Waals surface area contributed by atoms with Crippen molar-refractivity contribution in [2.24, 2.45) is 0 Å². The van der Waals surface area contributed by atoms with E-state index in [1.54, 1.807) is 36.4 Å². The molecule has 150 valence electrons. The second-order valence-corrected chi connectivity index (χ2v) is 7.45. The summed E-state index contributed by atoms with van der Waals surface area (Å²) in [6.07, 6.45) is 2.07. The minimum absolute atomic E-state index is 0.203. The first-order valence-corrected chi connectivity index (χ1v) is 9.74. The number of nitrogens with zero attached hydrogens (tertiary/aromatic N) is 2. The maximum Gasteiger partial charge on any atom is 0.333 e. The number of ether oxygens (including phenoxy) is 1. The van der Waals surface area contributed by atoms with Crippen molar-refractivity contribution < 1.29 is 9.13 Å². The fraction of sp³-hybridized carbons (Fsp3) is 0.136. The van der Waals surface area contributed by atoms with Crippen LogP contribution in [0.2, 0.25) is 5.02 Å². The molecule has 1 unspecified atom stereocenters. The molecule has 1 aliphatic heterocycles. The van der Waals surface area contributed by atoms with Gasteiger partial charge in [0.05, 0.1) is 21.6 Å². The first-order valence-electron chi connectivity index (χ1n) is 9.37. The van der Waals surface area contributed by atoms with Crippen LogP contribution in [-0.4, -0.2) is 14.5 Å². The number of para-hydroxylation sites is 1. The summed E-state index contributed by atoms with van der Waals surface area (Å²) in [6, 6.07) is 12.8. The number of halogens is 2. The zero-order chi connectivity index (χ0) is 20.8. The van der Waals surface area contributed by atoms with E-state index in [1.807, 2.05) is 0 Å². The Morgan fingerprint density at radius 2 is 2.00 bits per heavy atom. The molecule has 8 heteroatoms. The number of H-pyrrole nitrogens is 1. The van der Waals surface area contributed by atoms with E-state index in [2.05, 4.69) is 9.97 Å². The Labute approximate surface area is 174 Å². The van der Waals surface area contributed by atoms with E-state index in [4.69, 9.17) is 16.3 Å². The lowest BCUT2D eigenvalue weighted by atomic mass is 9.99. The summed E-state index contributed by atoms with van der Waals surface area (Å²) >= 11 is 6.43. The molecular formula is C22H15ClFN3O3. The molecule has 0 bridgehead atoms. The molecule has 2 aromatic heterocycles. The zero-order valence-electron chi connectivity index (χ0n) is 15.6. The van der Waals surface area contributed by atoms with Crippen LogP contribution in [0.3, 0.4) is 0 Å². The molecule has 3 heterocycles.